The van der Waals surface area contributed by atoms with Gasteiger partial charge >= 0.3 is 7.60 Å². The molecule has 1 aliphatic heterocycles. The zero-order chi connectivity index (χ0) is 34.5. The normalized spacial score (nSPS) is 14.9. The van der Waals surface area contributed by atoms with Gasteiger partial charge in [-0.15, -0.1) is 0 Å². The molecule has 3 N–H and O–H groups in total. The molecule has 1 heterocycles. The number of rotatable bonds is 9. The highest BCUT2D eigenvalue weighted by Crippen LogP contribution is 2.55. The molecule has 1 unspecified atom stereocenters. The first-order valence-corrected chi connectivity index (χ1v) is 17.9. The number of carbonyl (C=O) groups is 3. The van der Waals surface area contributed by atoms with Crippen LogP contribution in [0.25, 0.3) is 27.6 Å². The van der Waals surface area contributed by atoms with E-state index in [9.17, 15) is 28.7 Å². The van der Waals surface area contributed by atoms with Crippen LogP contribution in [0.15, 0.2) is 121 Å². The molecule has 8 nitrogen and oxygen atoms in total. The number of likely N-dealkylation sites (tertiary alicyclic amines) is 1. The summed E-state index contributed by atoms with van der Waals surface area (Å²) < 4.78 is 13.1. The Morgan fingerprint density at radius 3 is 2.06 bits per heavy atom. The third-order valence-electron chi connectivity index (χ3n) is 8.97. The van der Waals surface area contributed by atoms with Crippen LogP contribution in [-0.4, -0.2) is 51.4 Å². The highest BCUT2D eigenvalue weighted by atomic mass is 31.2. The van der Waals surface area contributed by atoms with Gasteiger partial charge in [-0.1, -0.05) is 103 Å². The van der Waals surface area contributed by atoms with E-state index in [0.717, 1.165) is 16.3 Å². The minimum Gasteiger partial charge on any atom is -0.349 e. The number of hydrogen-bond donors (Lipinski definition) is 3. The van der Waals surface area contributed by atoms with Gasteiger partial charge in [-0.05, 0) is 76.7 Å². The minimum atomic E-state index is -5.04. The number of nitrogens with zero attached hydrogens (tertiary/aromatic N) is 1. The lowest BCUT2D eigenvalue weighted by molar-refractivity contribution is 0.0693. The summed E-state index contributed by atoms with van der Waals surface area (Å²) in [6.07, 6.45) is 8.79. The molecule has 9 heteroatoms. The summed E-state index contributed by atoms with van der Waals surface area (Å²) in [5.74, 6) is -1.40. The summed E-state index contributed by atoms with van der Waals surface area (Å²) in [6.45, 7) is 2.62. The van der Waals surface area contributed by atoms with Gasteiger partial charge in [0.2, 0.25) is 0 Å². The third kappa shape index (κ3) is 7.47. The summed E-state index contributed by atoms with van der Waals surface area (Å²) in [5, 5.41) is 5.78. The number of nitrogens with one attached hydrogen (secondary N) is 1. The van der Waals surface area contributed by atoms with Crippen LogP contribution in [0, 0.1) is 0 Å². The molecule has 5 aromatic carbocycles. The number of ketones is 1. The van der Waals surface area contributed by atoms with E-state index in [1.54, 1.807) is 65.6 Å². The number of hydrogen-bond acceptors (Lipinski definition) is 4. The molecule has 2 amide bonds. The first-order chi connectivity index (χ1) is 23.6. The lowest BCUT2D eigenvalue weighted by atomic mass is 9.92. The van der Waals surface area contributed by atoms with Gasteiger partial charge in [0.25, 0.3) is 11.8 Å². The molecular weight excluding hydrogens is 635 g/mol. The van der Waals surface area contributed by atoms with Crippen molar-refractivity contribution in [1.82, 2.24) is 10.2 Å². The number of piperidine rings is 1. The molecule has 49 heavy (non-hydrogen) atoms. The fourth-order valence-electron chi connectivity index (χ4n) is 6.42. The molecule has 0 spiro atoms. The van der Waals surface area contributed by atoms with E-state index >= 15 is 0 Å². The minimum absolute atomic E-state index is 0.0376. The van der Waals surface area contributed by atoms with Crippen LogP contribution >= 0.6 is 7.60 Å². The predicted octanol–water partition coefficient (Wildman–Crippen LogP) is 7.72. The van der Waals surface area contributed by atoms with Gasteiger partial charge in [-0.25, -0.2) is 0 Å². The zero-order valence-corrected chi connectivity index (χ0v) is 27.9. The summed E-state index contributed by atoms with van der Waals surface area (Å²) in [5.41, 5.74) is -0.00767. The quantitative estimate of drug-likeness (QED) is 0.0837. The Bertz CT molecular complexity index is 2140. The van der Waals surface area contributed by atoms with Crippen molar-refractivity contribution in [1.29, 1.82) is 0 Å². The van der Waals surface area contributed by atoms with Crippen LogP contribution in [-0.2, 0) is 4.57 Å². The van der Waals surface area contributed by atoms with E-state index in [1.165, 1.54) is 0 Å². The molecule has 0 saturated carbocycles. The van der Waals surface area contributed by atoms with Crippen molar-refractivity contribution in [2.75, 3.05) is 13.1 Å². The second-order valence-corrected chi connectivity index (χ2v) is 13.9. The van der Waals surface area contributed by atoms with Crippen LogP contribution in [0.4, 0.5) is 0 Å². The van der Waals surface area contributed by atoms with Crippen molar-refractivity contribution >= 4 is 52.8 Å². The maximum absolute atomic E-state index is 14.4. The standard InChI is InChI=1S/C40H37N2O6P/c1-2-3-4-10-27-17-19-29(20-18-27)39(44)41-32-21-23-42(24-22-32)40(45)36-26-31-13-6-5-12-30(31)25-35(36)37(43)38(49(46,47)48)34-16-9-14-28-11-7-8-15-33(28)34/h2-20,25-26,32,38H,21-24H2,1H3,(H,41,44)(H2,46,47,48)/b3-2-,10-4-. The van der Waals surface area contributed by atoms with Gasteiger partial charge in [-0.3, -0.25) is 18.9 Å². The van der Waals surface area contributed by atoms with E-state index < -0.39 is 24.9 Å². The van der Waals surface area contributed by atoms with Gasteiger partial charge in [-0.2, -0.15) is 0 Å². The number of Topliss-reactive ketones (excluding diaryl/α,β-unsaturated/α-hetero) is 1. The van der Waals surface area contributed by atoms with Gasteiger partial charge in [0.05, 0.1) is 5.56 Å². The average molecular weight is 673 g/mol. The van der Waals surface area contributed by atoms with E-state index in [0.29, 0.717) is 42.3 Å². The number of allylic oxidation sites excluding steroid dienone is 3. The van der Waals surface area contributed by atoms with Crippen molar-refractivity contribution in [3.05, 3.63) is 149 Å². The van der Waals surface area contributed by atoms with Gasteiger partial charge in [0.15, 0.2) is 5.78 Å². The van der Waals surface area contributed by atoms with E-state index in [2.05, 4.69) is 5.32 Å². The molecule has 248 valence electrons. The van der Waals surface area contributed by atoms with Crippen LogP contribution in [0.2, 0.25) is 0 Å². The first kappa shape index (κ1) is 33.7. The predicted molar refractivity (Wildman–Crippen MR) is 194 cm³/mol. The van der Waals surface area contributed by atoms with E-state index in [1.807, 2.05) is 73.7 Å². The highest BCUT2D eigenvalue weighted by Gasteiger charge is 2.40. The lowest BCUT2D eigenvalue weighted by Gasteiger charge is -2.33. The molecule has 0 bridgehead atoms. The molecule has 6 rings (SSSR count). The molecule has 1 atom stereocenters. The van der Waals surface area contributed by atoms with Crippen LogP contribution in [0.5, 0.6) is 0 Å². The number of fused-ring (bicyclic) bond motifs is 2. The van der Waals surface area contributed by atoms with E-state index in [-0.39, 0.29) is 28.6 Å². The number of carbonyl (C=O) groups excluding carboxylic acids is 3. The maximum atomic E-state index is 14.4. The van der Waals surface area contributed by atoms with Crippen molar-refractivity contribution in [3.63, 3.8) is 0 Å². The molecule has 0 radical (unpaired) electrons. The average Bonchev–Trinajstić information content (AvgIpc) is 3.11. The van der Waals surface area contributed by atoms with E-state index in [4.69, 9.17) is 0 Å². The molecular formula is C40H37N2O6P. The van der Waals surface area contributed by atoms with Crippen LogP contribution in [0.3, 0.4) is 0 Å². The van der Waals surface area contributed by atoms with Crippen molar-refractivity contribution < 1.29 is 28.7 Å². The Labute approximate surface area is 284 Å². The maximum Gasteiger partial charge on any atom is 0.340 e. The topological polar surface area (TPSA) is 124 Å². The smallest absolute Gasteiger partial charge is 0.340 e. The SMILES string of the molecule is C/C=C\C=C/c1ccc(C(=O)NC2CCN(C(=O)c3cc4ccccc4cc3C(=O)C(c3cccc4ccccc34)P(=O)(O)O)CC2)cc1. The molecule has 1 aliphatic rings. The lowest BCUT2D eigenvalue weighted by Crippen LogP contribution is -2.46. The Morgan fingerprint density at radius 1 is 0.796 bits per heavy atom. The van der Waals surface area contributed by atoms with Crippen LogP contribution < -0.4 is 5.32 Å². The summed E-state index contributed by atoms with van der Waals surface area (Å²) in [6, 6.07) is 29.8. The Morgan fingerprint density at radius 2 is 1.41 bits per heavy atom. The number of benzene rings is 5. The summed E-state index contributed by atoms with van der Waals surface area (Å²) in [7, 11) is -5.04. The van der Waals surface area contributed by atoms with Gasteiger partial charge < -0.3 is 20.0 Å². The fraction of sp³-hybridized carbons (Fsp3) is 0.175. The molecule has 1 fully saturated rings. The highest BCUT2D eigenvalue weighted by molar-refractivity contribution is 7.53. The van der Waals surface area contributed by atoms with Gasteiger partial charge in [0.1, 0.15) is 5.66 Å². The molecule has 0 aromatic heterocycles. The Kier molecular flexibility index (Phi) is 10.0. The Balaban J connectivity index is 1.24. The molecule has 0 aliphatic carbocycles. The first-order valence-electron chi connectivity index (χ1n) is 16.2. The molecule has 5 aromatic rings. The van der Waals surface area contributed by atoms with Crippen molar-refractivity contribution in [3.8, 4) is 0 Å². The second-order valence-electron chi connectivity index (χ2n) is 12.2. The van der Waals surface area contributed by atoms with Crippen molar-refractivity contribution in [2.24, 2.45) is 0 Å². The summed E-state index contributed by atoms with van der Waals surface area (Å²) in [4.78, 5) is 64.4. The third-order valence-corrected chi connectivity index (χ3v) is 10.2. The summed E-state index contributed by atoms with van der Waals surface area (Å²) >= 11 is 0. The monoisotopic (exact) mass is 672 g/mol. The molecule has 1 saturated heterocycles. The van der Waals surface area contributed by atoms with Crippen molar-refractivity contribution in [2.45, 2.75) is 31.5 Å². The fourth-order valence-corrected chi connectivity index (χ4v) is 7.45. The zero-order valence-electron chi connectivity index (χ0n) is 27.0. The van der Waals surface area contributed by atoms with Crippen LogP contribution in [0.1, 0.15) is 67.6 Å². The number of amides is 2. The largest absolute Gasteiger partial charge is 0.349 e. The second kappa shape index (κ2) is 14.5. The van der Waals surface area contributed by atoms with Gasteiger partial charge in [0, 0.05) is 30.3 Å². The Hall–Kier alpha value is -5.14.